The molecule has 3 N–H and O–H groups in total. The van der Waals surface area contributed by atoms with Crippen LogP contribution in [0.15, 0.2) is 24.3 Å². The van der Waals surface area contributed by atoms with Crippen molar-refractivity contribution in [3.63, 3.8) is 0 Å². The van der Waals surface area contributed by atoms with Crippen molar-refractivity contribution in [2.75, 3.05) is 27.8 Å². The standard InChI is InChI=1S/C24H32N4O6/c1-5-19(22(30)27-18(24(32)34-4)12-14-8-7-11-25-21(14)29)28(2)23(31)17-13-15-16(26-17)9-6-10-20(15)33-3/h6,9-10,13-14,18-19,26H,5,7-8,11-12H2,1-4H3,(H,25,29)(H,27,30)/t14-,18-,19?/m0/s1. The van der Waals surface area contributed by atoms with Crippen LogP contribution in [0.3, 0.4) is 0 Å². The molecule has 3 rings (SSSR count). The van der Waals surface area contributed by atoms with Crippen LogP contribution < -0.4 is 15.4 Å². The topological polar surface area (TPSA) is 130 Å². The van der Waals surface area contributed by atoms with E-state index < -0.39 is 24.0 Å². The number of methoxy groups -OCH3 is 2. The summed E-state index contributed by atoms with van der Waals surface area (Å²) in [5.74, 6) is -1.38. The van der Waals surface area contributed by atoms with Gasteiger partial charge in [-0.15, -0.1) is 0 Å². The van der Waals surface area contributed by atoms with E-state index >= 15 is 0 Å². The molecule has 0 bridgehead atoms. The van der Waals surface area contributed by atoms with Crippen LogP contribution in [0.2, 0.25) is 0 Å². The van der Waals surface area contributed by atoms with Gasteiger partial charge in [0, 0.05) is 30.4 Å². The van der Waals surface area contributed by atoms with Crippen molar-refractivity contribution in [3.8, 4) is 5.75 Å². The number of rotatable bonds is 9. The number of benzene rings is 1. The summed E-state index contributed by atoms with van der Waals surface area (Å²) in [6.07, 6.45) is 1.91. The van der Waals surface area contributed by atoms with E-state index in [1.54, 1.807) is 33.2 Å². The van der Waals surface area contributed by atoms with Crippen LogP contribution >= 0.6 is 0 Å². The van der Waals surface area contributed by atoms with Crippen LogP contribution in [0, 0.1) is 5.92 Å². The van der Waals surface area contributed by atoms with Gasteiger partial charge < -0.3 is 30.0 Å². The van der Waals surface area contributed by atoms with Crippen molar-refractivity contribution in [2.24, 2.45) is 5.92 Å². The summed E-state index contributed by atoms with van der Waals surface area (Å²) in [6.45, 7) is 2.39. The van der Waals surface area contributed by atoms with Crippen LogP contribution in [0.25, 0.3) is 10.9 Å². The lowest BCUT2D eigenvalue weighted by atomic mass is 9.91. The maximum Gasteiger partial charge on any atom is 0.328 e. The predicted octanol–water partition coefficient (Wildman–Crippen LogP) is 1.60. The first-order chi connectivity index (χ1) is 16.3. The molecule has 3 amide bonds. The number of nitrogens with one attached hydrogen (secondary N) is 3. The Morgan fingerprint density at radius 3 is 2.68 bits per heavy atom. The molecular weight excluding hydrogens is 440 g/mol. The molecule has 10 heteroatoms. The third kappa shape index (κ3) is 5.32. The second kappa shape index (κ2) is 11.0. The molecule has 1 aromatic heterocycles. The number of carbonyl (C=O) groups is 4. The number of hydrogen-bond acceptors (Lipinski definition) is 6. The predicted molar refractivity (Wildman–Crippen MR) is 125 cm³/mol. The Kier molecular flexibility index (Phi) is 8.14. The summed E-state index contributed by atoms with van der Waals surface area (Å²) in [5, 5.41) is 6.24. The molecule has 184 valence electrons. The molecule has 1 saturated heterocycles. The highest BCUT2D eigenvalue weighted by Gasteiger charge is 2.34. The highest BCUT2D eigenvalue weighted by atomic mass is 16.5. The molecule has 1 aliphatic heterocycles. The minimum atomic E-state index is -0.985. The zero-order chi connectivity index (χ0) is 24.8. The summed E-state index contributed by atoms with van der Waals surface area (Å²) in [7, 11) is 4.33. The molecule has 0 aliphatic carbocycles. The normalized spacial score (nSPS) is 17.4. The fourth-order valence-electron chi connectivity index (χ4n) is 4.36. The largest absolute Gasteiger partial charge is 0.496 e. The SMILES string of the molecule is CCC(C(=O)N[C@@H](C[C@@H]1CCCNC1=O)C(=O)OC)N(C)C(=O)c1cc2c(OC)cccc2[nH]1. The van der Waals surface area contributed by atoms with Gasteiger partial charge in [0.25, 0.3) is 5.91 Å². The van der Waals surface area contributed by atoms with Crippen molar-refractivity contribution in [2.45, 2.75) is 44.7 Å². The van der Waals surface area contributed by atoms with Gasteiger partial charge in [-0.1, -0.05) is 13.0 Å². The molecule has 34 heavy (non-hydrogen) atoms. The average Bonchev–Trinajstić information content (AvgIpc) is 3.28. The number of ether oxygens (including phenoxy) is 2. The quantitative estimate of drug-likeness (QED) is 0.476. The maximum atomic E-state index is 13.2. The van der Waals surface area contributed by atoms with Gasteiger partial charge in [0.2, 0.25) is 11.8 Å². The number of piperidine rings is 1. The molecule has 3 atom stereocenters. The fourth-order valence-corrected chi connectivity index (χ4v) is 4.36. The number of aromatic amines is 1. The Morgan fingerprint density at radius 1 is 1.26 bits per heavy atom. The molecule has 1 unspecified atom stereocenters. The Labute approximate surface area is 198 Å². The first kappa shape index (κ1) is 25.1. The number of esters is 1. The second-order valence-electron chi connectivity index (χ2n) is 8.39. The van der Waals surface area contributed by atoms with E-state index in [9.17, 15) is 19.2 Å². The Balaban J connectivity index is 1.75. The Hall–Kier alpha value is -3.56. The van der Waals surface area contributed by atoms with Crippen LogP contribution in [-0.4, -0.2) is 73.5 Å². The molecule has 2 heterocycles. The molecule has 0 saturated carbocycles. The number of amides is 3. The summed E-state index contributed by atoms with van der Waals surface area (Å²) < 4.78 is 10.2. The highest BCUT2D eigenvalue weighted by molar-refractivity contribution is 6.01. The van der Waals surface area contributed by atoms with E-state index in [1.807, 2.05) is 12.1 Å². The lowest BCUT2D eigenvalue weighted by Crippen LogP contribution is -2.53. The number of likely N-dealkylation sites (N-methyl/N-ethyl adjacent to an activating group) is 1. The minimum Gasteiger partial charge on any atom is -0.496 e. The van der Waals surface area contributed by atoms with Crippen LogP contribution in [0.4, 0.5) is 0 Å². The molecule has 0 radical (unpaired) electrons. The lowest BCUT2D eigenvalue weighted by Gasteiger charge is -2.29. The van der Waals surface area contributed by atoms with E-state index in [4.69, 9.17) is 9.47 Å². The minimum absolute atomic E-state index is 0.136. The lowest BCUT2D eigenvalue weighted by molar-refractivity contribution is -0.146. The second-order valence-corrected chi connectivity index (χ2v) is 8.39. The smallest absolute Gasteiger partial charge is 0.328 e. The first-order valence-corrected chi connectivity index (χ1v) is 11.4. The van der Waals surface area contributed by atoms with E-state index in [-0.39, 0.29) is 24.2 Å². The van der Waals surface area contributed by atoms with Gasteiger partial charge in [-0.3, -0.25) is 14.4 Å². The van der Waals surface area contributed by atoms with Gasteiger partial charge >= 0.3 is 5.97 Å². The van der Waals surface area contributed by atoms with Crippen LogP contribution in [0.1, 0.15) is 43.1 Å². The number of H-pyrrole nitrogens is 1. The summed E-state index contributed by atoms with van der Waals surface area (Å²) in [4.78, 5) is 55.2. The van der Waals surface area contributed by atoms with Crippen molar-refractivity contribution in [1.82, 2.24) is 20.5 Å². The number of aromatic nitrogens is 1. The van der Waals surface area contributed by atoms with Gasteiger partial charge in [-0.25, -0.2) is 4.79 Å². The van der Waals surface area contributed by atoms with Crippen molar-refractivity contribution in [1.29, 1.82) is 0 Å². The van der Waals surface area contributed by atoms with Crippen molar-refractivity contribution in [3.05, 3.63) is 30.0 Å². The zero-order valence-corrected chi connectivity index (χ0v) is 20.0. The van der Waals surface area contributed by atoms with E-state index in [1.165, 1.54) is 12.0 Å². The third-order valence-corrected chi connectivity index (χ3v) is 6.27. The van der Waals surface area contributed by atoms with E-state index in [2.05, 4.69) is 15.6 Å². The Morgan fingerprint density at radius 2 is 2.03 bits per heavy atom. The molecular formula is C24H32N4O6. The Bertz CT molecular complexity index is 1060. The van der Waals surface area contributed by atoms with E-state index in [0.717, 1.165) is 17.3 Å². The van der Waals surface area contributed by atoms with Crippen LogP contribution in [0.5, 0.6) is 5.75 Å². The molecule has 2 aromatic rings. The molecule has 1 aromatic carbocycles. The van der Waals surface area contributed by atoms with Gasteiger partial charge in [-0.05, 0) is 43.9 Å². The van der Waals surface area contributed by atoms with Gasteiger partial charge in [0.15, 0.2) is 0 Å². The highest BCUT2D eigenvalue weighted by Crippen LogP contribution is 2.27. The van der Waals surface area contributed by atoms with E-state index in [0.29, 0.717) is 30.8 Å². The van der Waals surface area contributed by atoms with Crippen molar-refractivity contribution >= 4 is 34.6 Å². The summed E-state index contributed by atoms with van der Waals surface area (Å²) in [5.41, 5.74) is 1.06. The number of fused-ring (bicyclic) bond motifs is 1. The maximum absolute atomic E-state index is 13.2. The summed E-state index contributed by atoms with van der Waals surface area (Å²) >= 11 is 0. The average molecular weight is 473 g/mol. The molecule has 10 nitrogen and oxygen atoms in total. The number of hydrogen-bond donors (Lipinski definition) is 3. The van der Waals surface area contributed by atoms with Crippen molar-refractivity contribution < 1.29 is 28.7 Å². The summed E-state index contributed by atoms with van der Waals surface area (Å²) in [6, 6.07) is 5.33. The zero-order valence-electron chi connectivity index (χ0n) is 20.0. The first-order valence-electron chi connectivity index (χ1n) is 11.4. The fraction of sp³-hybridized carbons (Fsp3) is 0.500. The third-order valence-electron chi connectivity index (χ3n) is 6.27. The number of carbonyl (C=O) groups excluding carboxylic acids is 4. The monoisotopic (exact) mass is 472 g/mol. The molecule has 0 spiro atoms. The molecule has 1 fully saturated rings. The molecule has 1 aliphatic rings. The van der Waals surface area contributed by atoms with Gasteiger partial charge in [0.1, 0.15) is 23.5 Å². The van der Waals surface area contributed by atoms with Crippen LogP contribution in [-0.2, 0) is 19.1 Å². The van der Waals surface area contributed by atoms with Gasteiger partial charge in [-0.2, -0.15) is 0 Å². The van der Waals surface area contributed by atoms with Gasteiger partial charge in [0.05, 0.1) is 14.2 Å². The number of nitrogens with zero attached hydrogens (tertiary/aromatic N) is 1.